The Balaban J connectivity index is 1.50. The number of hydrogen-bond acceptors (Lipinski definition) is 5. The van der Waals surface area contributed by atoms with Crippen molar-refractivity contribution in [2.45, 2.75) is 18.6 Å². The third kappa shape index (κ3) is 4.28. The van der Waals surface area contributed by atoms with Crippen molar-refractivity contribution in [3.8, 4) is 11.6 Å². The number of benzene rings is 2. The second kappa shape index (κ2) is 8.26. The van der Waals surface area contributed by atoms with Crippen LogP contribution in [0.1, 0.15) is 6.92 Å². The molecule has 0 radical (unpaired) electrons. The van der Waals surface area contributed by atoms with Gasteiger partial charge in [-0.05, 0) is 49.4 Å². The number of furan rings is 1. The molecule has 2 aromatic heterocycles. The number of anilines is 1. The summed E-state index contributed by atoms with van der Waals surface area (Å²) in [5.74, 6) is 0.606. The van der Waals surface area contributed by atoms with E-state index in [9.17, 15) is 9.18 Å². The van der Waals surface area contributed by atoms with Crippen LogP contribution in [0.5, 0.6) is 0 Å². The highest BCUT2D eigenvalue weighted by atomic mass is 35.5. The highest BCUT2D eigenvalue weighted by molar-refractivity contribution is 7.99. The van der Waals surface area contributed by atoms with E-state index in [1.54, 1.807) is 24.3 Å². The largest absolute Gasteiger partial charge is 0.453 e. The fourth-order valence-corrected chi connectivity index (χ4v) is 3.86. The molecular formula is C20H16ClFN4O2S. The lowest BCUT2D eigenvalue weighted by Gasteiger charge is -2.07. The molecule has 29 heavy (non-hydrogen) atoms. The van der Waals surface area contributed by atoms with E-state index in [4.69, 9.17) is 16.0 Å². The number of nitrogens with one attached hydrogen (secondary N) is 1. The van der Waals surface area contributed by atoms with Crippen LogP contribution in [-0.4, -0.2) is 26.4 Å². The quantitative estimate of drug-likeness (QED) is 0.424. The average Bonchev–Trinajstić information content (AvgIpc) is 3.29. The van der Waals surface area contributed by atoms with Gasteiger partial charge in [0.05, 0.1) is 5.75 Å². The molecule has 0 atom stereocenters. The first-order valence-electron chi connectivity index (χ1n) is 8.84. The Morgan fingerprint density at radius 2 is 2.10 bits per heavy atom. The predicted octanol–water partition coefficient (Wildman–Crippen LogP) is 5.23. The van der Waals surface area contributed by atoms with Crippen molar-refractivity contribution >= 4 is 45.9 Å². The first-order valence-corrected chi connectivity index (χ1v) is 10.2. The van der Waals surface area contributed by atoms with Crippen molar-refractivity contribution in [2.75, 3.05) is 11.1 Å². The number of rotatable bonds is 6. The van der Waals surface area contributed by atoms with Gasteiger partial charge in [-0.1, -0.05) is 29.4 Å². The maximum Gasteiger partial charge on any atom is 0.234 e. The lowest BCUT2D eigenvalue weighted by atomic mass is 10.2. The van der Waals surface area contributed by atoms with Gasteiger partial charge in [-0.25, -0.2) is 4.39 Å². The van der Waals surface area contributed by atoms with E-state index < -0.39 is 5.82 Å². The van der Waals surface area contributed by atoms with Crippen molar-refractivity contribution in [2.24, 2.45) is 0 Å². The zero-order chi connectivity index (χ0) is 20.4. The van der Waals surface area contributed by atoms with Crippen molar-refractivity contribution in [3.05, 3.63) is 59.4 Å². The Hall–Kier alpha value is -2.84. The van der Waals surface area contributed by atoms with E-state index in [1.165, 1.54) is 23.9 Å². The molecule has 0 bridgehead atoms. The molecule has 4 rings (SSSR count). The Bertz CT molecular complexity index is 1190. The normalized spacial score (nSPS) is 11.1. The van der Waals surface area contributed by atoms with Crippen molar-refractivity contribution in [3.63, 3.8) is 0 Å². The fraction of sp³-hybridized carbons (Fsp3) is 0.150. The molecule has 0 fully saturated rings. The third-order valence-electron chi connectivity index (χ3n) is 4.17. The van der Waals surface area contributed by atoms with Crippen LogP contribution < -0.4 is 5.32 Å². The van der Waals surface area contributed by atoms with Gasteiger partial charge in [0.2, 0.25) is 11.7 Å². The number of thioether (sulfide) groups is 1. The van der Waals surface area contributed by atoms with Gasteiger partial charge in [-0.15, -0.1) is 10.2 Å². The third-order valence-corrected chi connectivity index (χ3v) is 5.37. The van der Waals surface area contributed by atoms with Crippen molar-refractivity contribution in [1.82, 2.24) is 14.8 Å². The molecule has 2 heterocycles. The van der Waals surface area contributed by atoms with Crippen molar-refractivity contribution < 1.29 is 13.6 Å². The van der Waals surface area contributed by atoms with Crippen LogP contribution in [0.2, 0.25) is 5.02 Å². The standard InChI is InChI=1S/C20H16ClFN4O2S/c1-2-26-19(17-9-12-8-13(21)6-7-16(12)28-17)24-25-20(26)29-11-18(27)23-15-5-3-4-14(22)10-15/h3-10H,2,11H2,1H3,(H,23,27). The van der Waals surface area contributed by atoms with Crippen LogP contribution >= 0.6 is 23.4 Å². The second-order valence-electron chi connectivity index (χ2n) is 6.19. The van der Waals surface area contributed by atoms with Gasteiger partial charge in [0.15, 0.2) is 10.9 Å². The summed E-state index contributed by atoms with van der Waals surface area (Å²) in [4.78, 5) is 12.2. The van der Waals surface area contributed by atoms with E-state index in [0.717, 1.165) is 5.39 Å². The molecule has 9 heteroatoms. The number of carbonyl (C=O) groups is 1. The van der Waals surface area contributed by atoms with Crippen LogP contribution in [0.4, 0.5) is 10.1 Å². The molecule has 0 saturated heterocycles. The van der Waals surface area contributed by atoms with Gasteiger partial charge < -0.3 is 9.73 Å². The minimum Gasteiger partial charge on any atom is -0.453 e. The van der Waals surface area contributed by atoms with E-state index >= 15 is 0 Å². The summed E-state index contributed by atoms with van der Waals surface area (Å²) in [6.45, 7) is 2.57. The predicted molar refractivity (Wildman–Crippen MR) is 112 cm³/mol. The number of amides is 1. The molecule has 1 amide bonds. The number of hydrogen-bond donors (Lipinski definition) is 1. The molecule has 0 aliphatic carbocycles. The van der Waals surface area contributed by atoms with Crippen LogP contribution in [0, 0.1) is 5.82 Å². The molecule has 0 unspecified atom stereocenters. The summed E-state index contributed by atoms with van der Waals surface area (Å²) in [5.41, 5.74) is 1.12. The minimum absolute atomic E-state index is 0.115. The lowest BCUT2D eigenvalue weighted by molar-refractivity contribution is -0.113. The molecule has 1 N–H and O–H groups in total. The molecule has 2 aromatic carbocycles. The molecule has 0 saturated carbocycles. The topological polar surface area (TPSA) is 73.0 Å². The average molecular weight is 431 g/mol. The molecule has 0 aliphatic rings. The highest BCUT2D eigenvalue weighted by Gasteiger charge is 2.18. The number of halogens is 2. The zero-order valence-corrected chi connectivity index (χ0v) is 16.9. The first kappa shape index (κ1) is 19.5. The summed E-state index contributed by atoms with van der Waals surface area (Å²) in [6.07, 6.45) is 0. The summed E-state index contributed by atoms with van der Waals surface area (Å²) in [6, 6.07) is 13.0. The maximum absolute atomic E-state index is 13.2. The zero-order valence-electron chi connectivity index (χ0n) is 15.4. The maximum atomic E-state index is 13.2. The van der Waals surface area contributed by atoms with Gasteiger partial charge in [0, 0.05) is 22.6 Å². The SMILES string of the molecule is CCn1c(SCC(=O)Nc2cccc(F)c2)nnc1-c1cc2cc(Cl)ccc2o1. The minimum atomic E-state index is -0.405. The monoisotopic (exact) mass is 430 g/mol. The Morgan fingerprint density at radius 1 is 1.24 bits per heavy atom. The number of aromatic nitrogens is 3. The lowest BCUT2D eigenvalue weighted by Crippen LogP contribution is -2.14. The van der Waals surface area contributed by atoms with Crippen LogP contribution in [0.15, 0.2) is 58.1 Å². The summed E-state index contributed by atoms with van der Waals surface area (Å²) >= 11 is 7.29. The number of fused-ring (bicyclic) bond motifs is 1. The van der Waals surface area contributed by atoms with Crippen LogP contribution in [0.25, 0.3) is 22.6 Å². The summed E-state index contributed by atoms with van der Waals surface area (Å²) < 4.78 is 21.0. The molecule has 0 spiro atoms. The van der Waals surface area contributed by atoms with Crippen LogP contribution in [0.3, 0.4) is 0 Å². The molecule has 148 valence electrons. The molecule has 0 aliphatic heterocycles. The first-order chi connectivity index (χ1) is 14.0. The van der Waals surface area contributed by atoms with E-state index in [1.807, 2.05) is 23.6 Å². The summed E-state index contributed by atoms with van der Waals surface area (Å²) in [7, 11) is 0. The smallest absolute Gasteiger partial charge is 0.234 e. The van der Waals surface area contributed by atoms with Gasteiger partial charge in [-0.3, -0.25) is 9.36 Å². The van der Waals surface area contributed by atoms with Gasteiger partial charge in [0.1, 0.15) is 11.4 Å². The number of carbonyl (C=O) groups excluding carboxylic acids is 1. The van der Waals surface area contributed by atoms with Crippen molar-refractivity contribution in [1.29, 1.82) is 0 Å². The highest BCUT2D eigenvalue weighted by Crippen LogP contribution is 2.30. The van der Waals surface area contributed by atoms with Gasteiger partial charge >= 0.3 is 0 Å². The van der Waals surface area contributed by atoms with E-state index in [2.05, 4.69) is 15.5 Å². The summed E-state index contributed by atoms with van der Waals surface area (Å²) in [5, 5.41) is 13.2. The Kier molecular flexibility index (Phi) is 5.55. The number of nitrogens with zero attached hydrogens (tertiary/aromatic N) is 3. The Labute approximate surface area is 175 Å². The van der Waals surface area contributed by atoms with E-state index in [-0.39, 0.29) is 11.7 Å². The molecule has 4 aromatic rings. The van der Waals surface area contributed by atoms with Crippen LogP contribution in [-0.2, 0) is 11.3 Å². The molecular weight excluding hydrogens is 415 g/mol. The van der Waals surface area contributed by atoms with E-state index in [0.29, 0.717) is 39.6 Å². The fourth-order valence-electron chi connectivity index (χ4n) is 2.88. The second-order valence-corrected chi connectivity index (χ2v) is 7.57. The Morgan fingerprint density at radius 3 is 2.90 bits per heavy atom. The van der Waals surface area contributed by atoms with Gasteiger partial charge in [0.25, 0.3) is 0 Å². The molecule has 6 nitrogen and oxygen atoms in total. The van der Waals surface area contributed by atoms with Gasteiger partial charge in [-0.2, -0.15) is 0 Å².